The van der Waals surface area contributed by atoms with Crippen molar-refractivity contribution < 1.29 is 19.1 Å². The molecule has 2 N–H and O–H groups in total. The Hall–Kier alpha value is -3.15. The molecule has 26 heavy (non-hydrogen) atoms. The third kappa shape index (κ3) is 5.73. The van der Waals surface area contributed by atoms with Gasteiger partial charge in [-0.1, -0.05) is 42.5 Å². The Morgan fingerprint density at radius 2 is 1.65 bits per heavy atom. The van der Waals surface area contributed by atoms with Gasteiger partial charge in [0.15, 0.2) is 0 Å². The fourth-order valence-electron chi connectivity index (χ4n) is 2.52. The van der Waals surface area contributed by atoms with Gasteiger partial charge in [0.05, 0.1) is 25.1 Å². The molecule has 1 unspecified atom stereocenters. The van der Waals surface area contributed by atoms with Crippen molar-refractivity contribution in [2.24, 2.45) is 0 Å². The average Bonchev–Trinajstić information content (AvgIpc) is 2.66. The summed E-state index contributed by atoms with van der Waals surface area (Å²) in [5.41, 5.74) is 2.19. The zero-order valence-electron chi connectivity index (χ0n) is 14.8. The van der Waals surface area contributed by atoms with E-state index < -0.39 is 5.97 Å². The van der Waals surface area contributed by atoms with E-state index in [4.69, 9.17) is 0 Å². The molecule has 0 heterocycles. The van der Waals surface area contributed by atoms with Gasteiger partial charge in [-0.3, -0.25) is 9.59 Å². The smallest absolute Gasteiger partial charge is 0.337 e. The van der Waals surface area contributed by atoms with Gasteiger partial charge in [-0.05, 0) is 23.3 Å². The predicted octanol–water partition coefficient (Wildman–Crippen LogP) is 2.36. The van der Waals surface area contributed by atoms with Crippen LogP contribution in [-0.4, -0.2) is 24.9 Å². The molecule has 0 aliphatic heterocycles. The molecule has 6 nitrogen and oxygen atoms in total. The maximum atomic E-state index is 12.3. The number of hydrogen-bond donors (Lipinski definition) is 2. The van der Waals surface area contributed by atoms with Crippen molar-refractivity contribution in [1.29, 1.82) is 0 Å². The van der Waals surface area contributed by atoms with Gasteiger partial charge in [0.1, 0.15) is 0 Å². The summed E-state index contributed by atoms with van der Waals surface area (Å²) >= 11 is 0. The number of ether oxygens (including phenoxy) is 1. The summed E-state index contributed by atoms with van der Waals surface area (Å²) in [4.78, 5) is 35.1. The number of amides is 2. The van der Waals surface area contributed by atoms with Crippen molar-refractivity contribution in [2.75, 3.05) is 7.11 Å². The van der Waals surface area contributed by atoms with E-state index in [0.717, 1.165) is 11.1 Å². The highest BCUT2D eigenvalue weighted by atomic mass is 16.5. The molecular formula is C20H22N2O4. The number of hydrogen-bond acceptors (Lipinski definition) is 4. The van der Waals surface area contributed by atoms with E-state index in [0.29, 0.717) is 12.1 Å². The Kier molecular flexibility index (Phi) is 6.91. The number of carbonyl (C=O) groups excluding carboxylic acids is 3. The topological polar surface area (TPSA) is 84.5 Å². The Bertz CT molecular complexity index is 757. The second-order valence-corrected chi connectivity index (χ2v) is 5.83. The first-order valence-electron chi connectivity index (χ1n) is 8.25. The van der Waals surface area contributed by atoms with Crippen molar-refractivity contribution >= 4 is 17.8 Å². The summed E-state index contributed by atoms with van der Waals surface area (Å²) in [7, 11) is 1.33. The van der Waals surface area contributed by atoms with E-state index in [2.05, 4.69) is 15.4 Å². The van der Waals surface area contributed by atoms with E-state index in [1.54, 1.807) is 24.3 Å². The molecule has 2 aromatic carbocycles. The van der Waals surface area contributed by atoms with Crippen LogP contribution in [0.4, 0.5) is 0 Å². The van der Waals surface area contributed by atoms with E-state index in [1.165, 1.54) is 14.0 Å². The van der Waals surface area contributed by atoms with Gasteiger partial charge < -0.3 is 15.4 Å². The number of carbonyl (C=O) groups is 3. The molecule has 0 saturated carbocycles. The van der Waals surface area contributed by atoms with E-state index in [-0.39, 0.29) is 24.3 Å². The highest BCUT2D eigenvalue weighted by molar-refractivity contribution is 5.89. The van der Waals surface area contributed by atoms with Gasteiger partial charge >= 0.3 is 5.97 Å². The quantitative estimate of drug-likeness (QED) is 0.748. The molecule has 2 rings (SSSR count). The molecular weight excluding hydrogens is 332 g/mol. The van der Waals surface area contributed by atoms with Crippen molar-refractivity contribution in [3.8, 4) is 0 Å². The van der Waals surface area contributed by atoms with E-state index in [9.17, 15) is 14.4 Å². The second-order valence-electron chi connectivity index (χ2n) is 5.83. The van der Waals surface area contributed by atoms with Crippen LogP contribution in [0, 0.1) is 0 Å². The summed E-state index contributed by atoms with van der Waals surface area (Å²) in [6, 6.07) is 15.8. The number of methoxy groups -OCH3 is 1. The van der Waals surface area contributed by atoms with Gasteiger partial charge in [-0.2, -0.15) is 0 Å². The molecule has 2 aromatic rings. The van der Waals surface area contributed by atoms with Crippen LogP contribution in [-0.2, 0) is 20.9 Å². The maximum Gasteiger partial charge on any atom is 0.337 e. The Morgan fingerprint density at radius 3 is 2.23 bits per heavy atom. The number of nitrogens with one attached hydrogen (secondary N) is 2. The lowest BCUT2D eigenvalue weighted by Crippen LogP contribution is -2.32. The van der Waals surface area contributed by atoms with Gasteiger partial charge in [-0.15, -0.1) is 0 Å². The van der Waals surface area contributed by atoms with Crippen LogP contribution in [0.5, 0.6) is 0 Å². The highest BCUT2D eigenvalue weighted by Gasteiger charge is 2.16. The zero-order chi connectivity index (χ0) is 18.9. The minimum absolute atomic E-state index is 0.143. The lowest BCUT2D eigenvalue weighted by atomic mass is 10.0. The molecule has 2 amide bonds. The maximum absolute atomic E-state index is 12.3. The summed E-state index contributed by atoms with van der Waals surface area (Å²) < 4.78 is 4.65. The molecule has 0 aliphatic rings. The summed E-state index contributed by atoms with van der Waals surface area (Å²) in [6.45, 7) is 1.76. The molecule has 0 radical (unpaired) electrons. The van der Waals surface area contributed by atoms with Crippen LogP contribution in [0.15, 0.2) is 54.6 Å². The number of benzene rings is 2. The lowest BCUT2D eigenvalue weighted by molar-refractivity contribution is -0.122. The summed E-state index contributed by atoms with van der Waals surface area (Å²) in [6.07, 6.45) is 0.143. The molecule has 0 aliphatic carbocycles. The van der Waals surface area contributed by atoms with Gasteiger partial charge in [0.25, 0.3) is 0 Å². The van der Waals surface area contributed by atoms with Crippen LogP contribution in [0.3, 0.4) is 0 Å². The van der Waals surface area contributed by atoms with E-state index in [1.807, 2.05) is 30.3 Å². The lowest BCUT2D eigenvalue weighted by Gasteiger charge is -2.18. The third-order valence-corrected chi connectivity index (χ3v) is 3.83. The fraction of sp³-hybridized carbons (Fsp3) is 0.250. The minimum atomic E-state index is -0.401. The fourth-order valence-corrected chi connectivity index (χ4v) is 2.52. The molecule has 0 fully saturated rings. The molecule has 136 valence electrons. The van der Waals surface area contributed by atoms with Crippen LogP contribution in [0.25, 0.3) is 0 Å². The first kappa shape index (κ1) is 19.2. The highest BCUT2D eigenvalue weighted by Crippen LogP contribution is 2.16. The summed E-state index contributed by atoms with van der Waals surface area (Å²) in [5, 5.41) is 5.63. The SMILES string of the molecule is COC(=O)c1ccc(CNC(=O)CC(NC(C)=O)c2ccccc2)cc1. The normalized spacial score (nSPS) is 11.3. The molecule has 1 atom stereocenters. The first-order valence-corrected chi connectivity index (χ1v) is 8.25. The number of esters is 1. The third-order valence-electron chi connectivity index (χ3n) is 3.83. The molecule has 0 aromatic heterocycles. The van der Waals surface area contributed by atoms with Crippen LogP contribution in [0.2, 0.25) is 0 Å². The van der Waals surface area contributed by atoms with Crippen LogP contribution in [0.1, 0.15) is 40.9 Å². The van der Waals surface area contributed by atoms with Crippen molar-refractivity contribution in [1.82, 2.24) is 10.6 Å². The first-order chi connectivity index (χ1) is 12.5. The van der Waals surface area contributed by atoms with E-state index >= 15 is 0 Å². The molecule has 0 spiro atoms. The zero-order valence-corrected chi connectivity index (χ0v) is 14.8. The average molecular weight is 354 g/mol. The van der Waals surface area contributed by atoms with Crippen molar-refractivity contribution in [3.63, 3.8) is 0 Å². The Labute approximate surface area is 152 Å². The van der Waals surface area contributed by atoms with Crippen molar-refractivity contribution in [3.05, 3.63) is 71.3 Å². The largest absolute Gasteiger partial charge is 0.465 e. The van der Waals surface area contributed by atoms with Gasteiger partial charge in [0.2, 0.25) is 11.8 Å². The summed E-state index contributed by atoms with van der Waals surface area (Å²) in [5.74, 6) is -0.767. The Balaban J connectivity index is 1.93. The Morgan fingerprint density at radius 1 is 1.00 bits per heavy atom. The monoisotopic (exact) mass is 354 g/mol. The van der Waals surface area contributed by atoms with Crippen LogP contribution >= 0.6 is 0 Å². The van der Waals surface area contributed by atoms with Gasteiger partial charge in [-0.25, -0.2) is 4.79 Å². The predicted molar refractivity (Wildman–Crippen MR) is 97.2 cm³/mol. The standard InChI is InChI=1S/C20H22N2O4/c1-14(23)22-18(16-6-4-3-5-7-16)12-19(24)21-13-15-8-10-17(11-9-15)20(25)26-2/h3-11,18H,12-13H2,1-2H3,(H,21,24)(H,22,23). The van der Waals surface area contributed by atoms with Gasteiger partial charge in [0, 0.05) is 13.5 Å². The van der Waals surface area contributed by atoms with Crippen molar-refractivity contribution in [2.45, 2.75) is 25.9 Å². The van der Waals surface area contributed by atoms with Crippen LogP contribution < -0.4 is 10.6 Å². The second kappa shape index (κ2) is 9.36. The number of rotatable bonds is 7. The molecule has 0 saturated heterocycles. The molecule has 0 bridgehead atoms. The molecule has 6 heteroatoms. The minimum Gasteiger partial charge on any atom is -0.465 e.